The van der Waals surface area contributed by atoms with E-state index < -0.39 is 23.6 Å². The third-order valence-electron chi connectivity index (χ3n) is 3.78. The molecule has 0 saturated carbocycles. The van der Waals surface area contributed by atoms with Crippen molar-refractivity contribution in [2.45, 2.75) is 19.5 Å². The third kappa shape index (κ3) is 3.32. The normalized spacial score (nSPS) is 22.2. The zero-order valence-corrected chi connectivity index (χ0v) is 11.9. The Bertz CT molecular complexity index is 622. The molecule has 2 atom stereocenters. The molecule has 2 unspecified atom stereocenters. The monoisotopic (exact) mass is 312 g/mol. The number of nitriles is 1. The molecular formula is C15H15F3N2O2. The van der Waals surface area contributed by atoms with Gasteiger partial charge in [0.05, 0.1) is 28.8 Å². The van der Waals surface area contributed by atoms with Gasteiger partial charge >= 0.3 is 12.1 Å². The van der Waals surface area contributed by atoms with Crippen LogP contribution in [0.25, 0.3) is 0 Å². The molecule has 7 heteroatoms. The highest BCUT2D eigenvalue weighted by Crippen LogP contribution is 2.39. The highest BCUT2D eigenvalue weighted by Gasteiger charge is 2.37. The first-order valence-corrected chi connectivity index (χ1v) is 6.81. The van der Waals surface area contributed by atoms with E-state index in [-0.39, 0.29) is 23.7 Å². The van der Waals surface area contributed by atoms with Gasteiger partial charge in [0.25, 0.3) is 0 Å². The van der Waals surface area contributed by atoms with Gasteiger partial charge < -0.3 is 10.0 Å². The van der Waals surface area contributed by atoms with E-state index in [2.05, 4.69) is 0 Å². The molecule has 4 nitrogen and oxygen atoms in total. The van der Waals surface area contributed by atoms with Crippen molar-refractivity contribution in [3.63, 3.8) is 0 Å². The number of carboxylic acid groups (broad SMARTS) is 1. The Hall–Kier alpha value is -2.23. The van der Waals surface area contributed by atoms with Gasteiger partial charge in [0.15, 0.2) is 0 Å². The zero-order chi connectivity index (χ0) is 16.5. The summed E-state index contributed by atoms with van der Waals surface area (Å²) in [6, 6.07) is 5.00. The van der Waals surface area contributed by atoms with Crippen LogP contribution >= 0.6 is 0 Å². The molecule has 0 aliphatic carbocycles. The van der Waals surface area contributed by atoms with E-state index >= 15 is 0 Å². The molecule has 1 N–H and O–H groups in total. The van der Waals surface area contributed by atoms with Gasteiger partial charge in [-0.15, -0.1) is 0 Å². The number of halogens is 3. The topological polar surface area (TPSA) is 64.3 Å². The molecule has 0 amide bonds. The van der Waals surface area contributed by atoms with Crippen LogP contribution < -0.4 is 4.90 Å². The van der Waals surface area contributed by atoms with E-state index in [1.165, 1.54) is 11.0 Å². The summed E-state index contributed by atoms with van der Waals surface area (Å²) in [4.78, 5) is 12.6. The summed E-state index contributed by atoms with van der Waals surface area (Å²) in [5.41, 5.74) is -0.845. The summed E-state index contributed by atoms with van der Waals surface area (Å²) in [6.07, 6.45) is -4.12. The Kier molecular flexibility index (Phi) is 4.31. The van der Waals surface area contributed by atoms with Gasteiger partial charge in [0, 0.05) is 13.1 Å². The molecule has 0 aromatic heterocycles. The molecule has 1 aromatic rings. The van der Waals surface area contributed by atoms with Crippen LogP contribution in [0.2, 0.25) is 0 Å². The second-order valence-corrected chi connectivity index (χ2v) is 5.62. The van der Waals surface area contributed by atoms with Crippen molar-refractivity contribution in [1.29, 1.82) is 5.26 Å². The SMILES string of the molecule is CC1CC(C(=O)O)CN(c2cc(C#N)ccc2C(F)(F)F)C1. The van der Waals surface area contributed by atoms with E-state index in [1.54, 1.807) is 0 Å². The van der Waals surface area contributed by atoms with E-state index in [9.17, 15) is 18.0 Å². The molecule has 1 saturated heterocycles. The third-order valence-corrected chi connectivity index (χ3v) is 3.78. The van der Waals surface area contributed by atoms with Crippen molar-refractivity contribution in [2.24, 2.45) is 11.8 Å². The molecule has 0 radical (unpaired) electrons. The van der Waals surface area contributed by atoms with Crippen LogP contribution in [-0.4, -0.2) is 24.2 Å². The van der Waals surface area contributed by atoms with Crippen LogP contribution in [0.1, 0.15) is 24.5 Å². The van der Waals surface area contributed by atoms with E-state index in [1.807, 2.05) is 13.0 Å². The maximum Gasteiger partial charge on any atom is 0.418 e. The largest absolute Gasteiger partial charge is 0.481 e. The molecule has 22 heavy (non-hydrogen) atoms. The Morgan fingerprint density at radius 1 is 1.41 bits per heavy atom. The predicted octanol–water partition coefficient (Wildman–Crippen LogP) is 3.12. The van der Waals surface area contributed by atoms with Crippen LogP contribution in [0.15, 0.2) is 18.2 Å². The molecule has 1 fully saturated rings. The van der Waals surface area contributed by atoms with Crippen LogP contribution in [0.4, 0.5) is 18.9 Å². The number of hydrogen-bond donors (Lipinski definition) is 1. The number of aliphatic carboxylic acids is 1. The van der Waals surface area contributed by atoms with Crippen LogP contribution in [0, 0.1) is 23.2 Å². The van der Waals surface area contributed by atoms with Crippen molar-refractivity contribution in [1.82, 2.24) is 0 Å². The Balaban J connectivity index is 2.45. The van der Waals surface area contributed by atoms with E-state index in [0.29, 0.717) is 13.0 Å². The van der Waals surface area contributed by atoms with Crippen molar-refractivity contribution >= 4 is 11.7 Å². The van der Waals surface area contributed by atoms with Crippen LogP contribution in [-0.2, 0) is 11.0 Å². The number of nitrogens with zero attached hydrogens (tertiary/aromatic N) is 2. The number of carbonyl (C=O) groups is 1. The van der Waals surface area contributed by atoms with Crippen molar-refractivity contribution in [2.75, 3.05) is 18.0 Å². The number of carboxylic acids is 1. The summed E-state index contributed by atoms with van der Waals surface area (Å²) in [7, 11) is 0. The summed E-state index contributed by atoms with van der Waals surface area (Å²) >= 11 is 0. The minimum Gasteiger partial charge on any atom is -0.481 e. The van der Waals surface area contributed by atoms with Crippen LogP contribution in [0.3, 0.4) is 0 Å². The lowest BCUT2D eigenvalue weighted by molar-refractivity contribution is -0.142. The number of alkyl halides is 3. The highest BCUT2D eigenvalue weighted by molar-refractivity contribution is 5.72. The lowest BCUT2D eigenvalue weighted by atomic mass is 9.89. The van der Waals surface area contributed by atoms with Crippen molar-refractivity contribution in [3.8, 4) is 6.07 Å². The highest BCUT2D eigenvalue weighted by atomic mass is 19.4. The molecule has 1 aliphatic heterocycles. The fourth-order valence-electron chi connectivity index (χ4n) is 2.83. The van der Waals surface area contributed by atoms with E-state index in [0.717, 1.165) is 12.1 Å². The quantitative estimate of drug-likeness (QED) is 0.911. The number of rotatable bonds is 2. The first kappa shape index (κ1) is 16.1. The average Bonchev–Trinajstić information content (AvgIpc) is 2.44. The van der Waals surface area contributed by atoms with Gasteiger partial charge in [-0.2, -0.15) is 18.4 Å². The first-order valence-electron chi connectivity index (χ1n) is 6.81. The predicted molar refractivity (Wildman–Crippen MR) is 73.3 cm³/mol. The van der Waals surface area contributed by atoms with Gasteiger partial charge in [0.1, 0.15) is 0 Å². The molecule has 0 bridgehead atoms. The molecule has 0 spiro atoms. The maximum absolute atomic E-state index is 13.2. The molecule has 1 aromatic carbocycles. The smallest absolute Gasteiger partial charge is 0.418 e. The van der Waals surface area contributed by atoms with Gasteiger partial charge in [-0.05, 0) is 30.5 Å². The Morgan fingerprint density at radius 2 is 2.09 bits per heavy atom. The van der Waals surface area contributed by atoms with Crippen molar-refractivity contribution < 1.29 is 23.1 Å². The molecular weight excluding hydrogens is 297 g/mol. The molecule has 1 aliphatic rings. The van der Waals surface area contributed by atoms with Gasteiger partial charge in [-0.25, -0.2) is 0 Å². The second kappa shape index (κ2) is 5.87. The Labute approximate surface area is 125 Å². The molecule has 1 heterocycles. The minimum atomic E-state index is -4.55. The summed E-state index contributed by atoms with van der Waals surface area (Å²) < 4.78 is 39.5. The summed E-state index contributed by atoms with van der Waals surface area (Å²) in [5, 5.41) is 18.1. The van der Waals surface area contributed by atoms with Gasteiger partial charge in [0.2, 0.25) is 0 Å². The summed E-state index contributed by atoms with van der Waals surface area (Å²) in [6.45, 7) is 2.16. The van der Waals surface area contributed by atoms with Crippen molar-refractivity contribution in [3.05, 3.63) is 29.3 Å². The first-order chi connectivity index (χ1) is 10.2. The zero-order valence-electron chi connectivity index (χ0n) is 11.9. The number of piperidine rings is 1. The standard InChI is InChI=1S/C15H15F3N2O2/c1-9-4-11(14(21)22)8-20(7-9)13-5-10(6-19)2-3-12(13)15(16,17)18/h2-3,5,9,11H,4,7-8H2,1H3,(H,21,22). The second-order valence-electron chi connectivity index (χ2n) is 5.62. The number of hydrogen-bond acceptors (Lipinski definition) is 3. The number of anilines is 1. The van der Waals surface area contributed by atoms with Gasteiger partial charge in [-0.1, -0.05) is 6.92 Å². The molecule has 2 rings (SSSR count). The lowest BCUT2D eigenvalue weighted by Gasteiger charge is -2.37. The lowest BCUT2D eigenvalue weighted by Crippen LogP contribution is -2.43. The van der Waals surface area contributed by atoms with E-state index in [4.69, 9.17) is 10.4 Å². The summed E-state index contributed by atoms with van der Waals surface area (Å²) in [5.74, 6) is -1.77. The fraction of sp³-hybridized carbons (Fsp3) is 0.467. The average molecular weight is 312 g/mol. The Morgan fingerprint density at radius 3 is 2.64 bits per heavy atom. The minimum absolute atomic E-state index is 0.0115. The van der Waals surface area contributed by atoms with Gasteiger partial charge in [-0.3, -0.25) is 4.79 Å². The van der Waals surface area contributed by atoms with Crippen LogP contribution in [0.5, 0.6) is 0 Å². The fourth-order valence-corrected chi connectivity index (χ4v) is 2.83. The maximum atomic E-state index is 13.2. The number of benzene rings is 1. The molecule has 118 valence electrons.